The van der Waals surface area contributed by atoms with Gasteiger partial charge in [-0.3, -0.25) is 0 Å². The van der Waals surface area contributed by atoms with Gasteiger partial charge < -0.3 is 9.84 Å². The maximum Gasteiger partial charge on any atom is 0.139 e. The lowest BCUT2D eigenvalue weighted by molar-refractivity contribution is 0.238. The maximum atomic E-state index is 9.86. The van der Waals surface area contributed by atoms with E-state index >= 15 is 0 Å². The number of benzene rings is 1. The third-order valence-electron chi connectivity index (χ3n) is 2.02. The van der Waals surface area contributed by atoms with Crippen LogP contribution in [0.5, 0.6) is 5.75 Å². The Hall–Kier alpha value is -1.24. The topological polar surface area (TPSA) is 29.5 Å². The first-order valence-electron chi connectivity index (χ1n) is 5.27. The van der Waals surface area contributed by atoms with E-state index < -0.39 is 14.2 Å². The van der Waals surface area contributed by atoms with Crippen LogP contribution in [0.15, 0.2) is 24.3 Å². The number of rotatable bonds is 2. The van der Waals surface area contributed by atoms with Crippen molar-refractivity contribution in [1.82, 2.24) is 0 Å². The zero-order valence-corrected chi connectivity index (χ0v) is 11.2. The van der Waals surface area contributed by atoms with E-state index in [1.807, 2.05) is 24.3 Å². The Kier molecular flexibility index (Phi) is 4.16. The first-order valence-corrected chi connectivity index (χ1v) is 8.77. The molecule has 3 heteroatoms. The van der Waals surface area contributed by atoms with Gasteiger partial charge in [-0.15, -0.1) is 5.54 Å². The third kappa shape index (κ3) is 4.09. The summed E-state index contributed by atoms with van der Waals surface area (Å²) in [4.78, 5) is 0. The molecule has 0 amide bonds. The van der Waals surface area contributed by atoms with Crippen molar-refractivity contribution in [3.05, 3.63) is 29.8 Å². The average molecular weight is 234 g/mol. The summed E-state index contributed by atoms with van der Waals surface area (Å²) in [5, 5.41) is 9.86. The van der Waals surface area contributed by atoms with Crippen LogP contribution in [0.3, 0.4) is 0 Å². The number of hydrogen-bond donors (Lipinski definition) is 1. The highest BCUT2D eigenvalue weighted by atomic mass is 28.3. The summed E-state index contributed by atoms with van der Waals surface area (Å²) in [6.45, 7) is 6.46. The van der Waals surface area contributed by atoms with Gasteiger partial charge in [-0.1, -0.05) is 37.7 Å². The van der Waals surface area contributed by atoms with E-state index in [9.17, 15) is 5.11 Å². The highest BCUT2D eigenvalue weighted by Gasteiger charge is 2.09. The molecule has 0 spiro atoms. The Bertz CT molecular complexity index is 393. The first-order chi connectivity index (χ1) is 7.42. The molecule has 1 atom stereocenters. The van der Waals surface area contributed by atoms with Crippen LogP contribution >= 0.6 is 0 Å². The van der Waals surface area contributed by atoms with Crippen LogP contribution in [-0.4, -0.2) is 20.3 Å². The standard InChI is InChI=1S/C13H18O2Si/c1-15-12-7-5-11(6-8-12)13(14)9-10-16(2,3)4/h5-8,13-14H,1-4H3/t13-/m0/s1. The largest absolute Gasteiger partial charge is 0.497 e. The fourth-order valence-corrected chi connectivity index (χ4v) is 1.72. The van der Waals surface area contributed by atoms with Gasteiger partial charge >= 0.3 is 0 Å². The molecule has 1 rings (SSSR count). The highest BCUT2D eigenvalue weighted by molar-refractivity contribution is 6.83. The van der Waals surface area contributed by atoms with Crippen LogP contribution in [0.2, 0.25) is 19.6 Å². The van der Waals surface area contributed by atoms with Crippen LogP contribution in [0.25, 0.3) is 0 Å². The number of ether oxygens (including phenoxy) is 1. The van der Waals surface area contributed by atoms with Crippen molar-refractivity contribution >= 4 is 8.07 Å². The number of aliphatic hydroxyl groups is 1. The molecular formula is C13H18O2Si. The van der Waals surface area contributed by atoms with Crippen molar-refractivity contribution in [3.8, 4) is 17.2 Å². The van der Waals surface area contributed by atoms with E-state index in [1.54, 1.807) is 7.11 Å². The summed E-state index contributed by atoms with van der Waals surface area (Å²) in [5.41, 5.74) is 3.97. The number of methoxy groups -OCH3 is 1. The molecule has 0 fully saturated rings. The molecule has 0 aliphatic carbocycles. The average Bonchev–Trinajstić information content (AvgIpc) is 2.25. The molecule has 16 heavy (non-hydrogen) atoms. The van der Waals surface area contributed by atoms with E-state index in [0.717, 1.165) is 11.3 Å². The molecule has 1 aromatic carbocycles. The quantitative estimate of drug-likeness (QED) is 0.629. The predicted octanol–water partition coefficient (Wildman–Crippen LogP) is 2.61. The summed E-state index contributed by atoms with van der Waals surface area (Å²) in [5.74, 6) is 3.69. The van der Waals surface area contributed by atoms with Gasteiger partial charge in [-0.25, -0.2) is 0 Å². The summed E-state index contributed by atoms with van der Waals surface area (Å²) >= 11 is 0. The second-order valence-electron chi connectivity index (χ2n) is 4.70. The second-order valence-corrected chi connectivity index (χ2v) is 9.45. The molecule has 86 valence electrons. The summed E-state index contributed by atoms with van der Waals surface area (Å²) in [6, 6.07) is 7.33. The molecule has 0 radical (unpaired) electrons. The minimum Gasteiger partial charge on any atom is -0.497 e. The van der Waals surface area contributed by atoms with E-state index in [-0.39, 0.29) is 0 Å². The molecule has 0 saturated heterocycles. The molecule has 0 unspecified atom stereocenters. The van der Waals surface area contributed by atoms with Crippen molar-refractivity contribution in [2.45, 2.75) is 25.7 Å². The fraction of sp³-hybridized carbons (Fsp3) is 0.385. The Morgan fingerprint density at radius 1 is 1.19 bits per heavy atom. The van der Waals surface area contributed by atoms with Crippen molar-refractivity contribution in [2.75, 3.05) is 7.11 Å². The lowest BCUT2D eigenvalue weighted by atomic mass is 10.1. The van der Waals surface area contributed by atoms with Gasteiger partial charge in [0.05, 0.1) is 7.11 Å². The fourth-order valence-electron chi connectivity index (χ4n) is 1.15. The van der Waals surface area contributed by atoms with Crippen LogP contribution in [0.4, 0.5) is 0 Å². The monoisotopic (exact) mass is 234 g/mol. The minimum atomic E-state index is -1.42. The Balaban J connectivity index is 2.79. The lowest BCUT2D eigenvalue weighted by Crippen LogP contribution is -2.16. The summed E-state index contributed by atoms with van der Waals surface area (Å²) in [7, 11) is 0.205. The van der Waals surface area contributed by atoms with Gasteiger partial charge in [0.15, 0.2) is 0 Å². The molecule has 0 aromatic heterocycles. The number of hydrogen-bond acceptors (Lipinski definition) is 2. The predicted molar refractivity (Wildman–Crippen MR) is 69.1 cm³/mol. The molecule has 0 heterocycles. The Morgan fingerprint density at radius 3 is 2.19 bits per heavy atom. The summed E-state index contributed by atoms with van der Waals surface area (Å²) < 4.78 is 5.05. The van der Waals surface area contributed by atoms with Crippen molar-refractivity contribution in [3.63, 3.8) is 0 Å². The maximum absolute atomic E-state index is 9.86. The molecule has 1 N–H and O–H groups in total. The zero-order valence-electron chi connectivity index (χ0n) is 10.2. The third-order valence-corrected chi connectivity index (χ3v) is 2.91. The van der Waals surface area contributed by atoms with E-state index in [1.165, 1.54) is 0 Å². The molecule has 0 bridgehead atoms. The van der Waals surface area contributed by atoms with Gasteiger partial charge in [0.2, 0.25) is 0 Å². The van der Waals surface area contributed by atoms with E-state index in [0.29, 0.717) is 0 Å². The molecular weight excluding hydrogens is 216 g/mol. The molecule has 2 nitrogen and oxygen atoms in total. The second kappa shape index (κ2) is 5.20. The molecule has 0 saturated carbocycles. The Morgan fingerprint density at radius 2 is 1.75 bits per heavy atom. The Labute approximate surface area is 98.3 Å². The highest BCUT2D eigenvalue weighted by Crippen LogP contribution is 2.17. The van der Waals surface area contributed by atoms with Gasteiger partial charge in [0, 0.05) is 0 Å². The van der Waals surface area contributed by atoms with Gasteiger partial charge in [0.1, 0.15) is 19.9 Å². The van der Waals surface area contributed by atoms with Crippen LogP contribution in [0, 0.1) is 11.5 Å². The van der Waals surface area contributed by atoms with Crippen LogP contribution < -0.4 is 4.74 Å². The van der Waals surface area contributed by atoms with Crippen LogP contribution in [-0.2, 0) is 0 Å². The molecule has 0 aliphatic rings. The van der Waals surface area contributed by atoms with Crippen molar-refractivity contribution in [2.24, 2.45) is 0 Å². The normalized spacial score (nSPS) is 12.6. The first kappa shape index (κ1) is 12.8. The number of aliphatic hydroxyl groups excluding tert-OH is 1. The lowest BCUT2D eigenvalue weighted by Gasteiger charge is -2.07. The van der Waals surface area contributed by atoms with Gasteiger partial charge in [-0.2, -0.15) is 0 Å². The smallest absolute Gasteiger partial charge is 0.139 e. The molecule has 1 aromatic rings. The van der Waals surface area contributed by atoms with E-state index in [2.05, 4.69) is 31.1 Å². The van der Waals surface area contributed by atoms with Crippen molar-refractivity contribution in [1.29, 1.82) is 0 Å². The van der Waals surface area contributed by atoms with Gasteiger partial charge in [-0.05, 0) is 17.7 Å². The summed E-state index contributed by atoms with van der Waals surface area (Å²) in [6.07, 6.45) is -0.697. The van der Waals surface area contributed by atoms with Gasteiger partial charge in [0.25, 0.3) is 0 Å². The zero-order chi connectivity index (χ0) is 12.2. The minimum absolute atomic E-state index is 0.697. The SMILES string of the molecule is COc1ccc([C@@H](O)C#C[Si](C)(C)C)cc1. The van der Waals surface area contributed by atoms with Crippen LogP contribution in [0.1, 0.15) is 11.7 Å². The van der Waals surface area contributed by atoms with Crippen molar-refractivity contribution < 1.29 is 9.84 Å². The molecule has 0 aliphatic heterocycles. The van der Waals surface area contributed by atoms with E-state index in [4.69, 9.17) is 4.74 Å².